The second-order valence-electron chi connectivity index (χ2n) is 4.54. The van der Waals surface area contributed by atoms with Crippen molar-refractivity contribution in [3.05, 3.63) is 24.2 Å². The van der Waals surface area contributed by atoms with Crippen LogP contribution in [-0.2, 0) is 6.54 Å². The maximum Gasteiger partial charge on any atom is 0.117 e. The van der Waals surface area contributed by atoms with Crippen molar-refractivity contribution in [2.24, 2.45) is 5.73 Å². The second kappa shape index (κ2) is 6.06. The summed E-state index contributed by atoms with van der Waals surface area (Å²) < 4.78 is 5.40. The monoisotopic (exact) mass is 224 g/mol. The minimum Gasteiger partial charge on any atom is -0.468 e. The van der Waals surface area contributed by atoms with Crippen molar-refractivity contribution in [3.8, 4) is 0 Å². The third-order valence-corrected chi connectivity index (χ3v) is 3.30. The van der Waals surface area contributed by atoms with E-state index in [0.717, 1.165) is 31.7 Å². The van der Waals surface area contributed by atoms with Crippen molar-refractivity contribution in [2.45, 2.75) is 45.7 Å². The van der Waals surface area contributed by atoms with Gasteiger partial charge in [-0.3, -0.25) is 4.90 Å². The Kier molecular flexibility index (Phi) is 5.03. The van der Waals surface area contributed by atoms with Gasteiger partial charge in [-0.2, -0.15) is 0 Å². The number of nitrogens with zero attached hydrogens (tertiary/aromatic N) is 1. The zero-order valence-electron chi connectivity index (χ0n) is 10.7. The lowest BCUT2D eigenvalue weighted by Crippen LogP contribution is -2.51. The molecule has 0 saturated carbocycles. The van der Waals surface area contributed by atoms with Crippen LogP contribution < -0.4 is 5.73 Å². The Morgan fingerprint density at radius 3 is 2.62 bits per heavy atom. The molecule has 0 aromatic carbocycles. The standard InChI is InChI=1S/C13H24N2O/c1-4-8-13(3,11-14)15(5-2)10-12-7-6-9-16-12/h6-7,9H,4-5,8,10-11,14H2,1-3H3. The van der Waals surface area contributed by atoms with Crippen LogP contribution in [0.1, 0.15) is 39.4 Å². The Hall–Kier alpha value is -0.800. The van der Waals surface area contributed by atoms with Gasteiger partial charge < -0.3 is 10.2 Å². The summed E-state index contributed by atoms with van der Waals surface area (Å²) in [6.45, 7) is 9.14. The molecule has 0 aliphatic carbocycles. The molecule has 1 aromatic heterocycles. The molecule has 0 spiro atoms. The zero-order valence-corrected chi connectivity index (χ0v) is 10.7. The summed E-state index contributed by atoms with van der Waals surface area (Å²) in [6, 6.07) is 3.95. The van der Waals surface area contributed by atoms with E-state index in [4.69, 9.17) is 10.2 Å². The van der Waals surface area contributed by atoms with Crippen molar-refractivity contribution in [1.82, 2.24) is 4.90 Å². The van der Waals surface area contributed by atoms with Gasteiger partial charge in [0.15, 0.2) is 0 Å². The fourth-order valence-corrected chi connectivity index (χ4v) is 2.20. The average molecular weight is 224 g/mol. The first-order chi connectivity index (χ1) is 7.66. The molecule has 0 bridgehead atoms. The normalized spacial score (nSPS) is 15.3. The van der Waals surface area contributed by atoms with Crippen LogP contribution in [0.2, 0.25) is 0 Å². The smallest absolute Gasteiger partial charge is 0.117 e. The molecule has 1 aromatic rings. The Balaban J connectivity index is 2.71. The van der Waals surface area contributed by atoms with Crippen molar-refractivity contribution in [1.29, 1.82) is 0 Å². The van der Waals surface area contributed by atoms with E-state index in [1.807, 2.05) is 12.1 Å². The Morgan fingerprint density at radius 1 is 1.44 bits per heavy atom. The highest BCUT2D eigenvalue weighted by Gasteiger charge is 2.28. The van der Waals surface area contributed by atoms with Crippen LogP contribution in [0.5, 0.6) is 0 Å². The highest BCUT2D eigenvalue weighted by molar-refractivity contribution is 5.00. The number of hydrogen-bond acceptors (Lipinski definition) is 3. The van der Waals surface area contributed by atoms with E-state index in [2.05, 4.69) is 25.7 Å². The molecule has 1 unspecified atom stereocenters. The van der Waals surface area contributed by atoms with Crippen molar-refractivity contribution in [2.75, 3.05) is 13.1 Å². The third-order valence-electron chi connectivity index (χ3n) is 3.30. The van der Waals surface area contributed by atoms with Crippen LogP contribution in [0.25, 0.3) is 0 Å². The summed E-state index contributed by atoms with van der Waals surface area (Å²) in [5.41, 5.74) is 6.01. The SMILES string of the molecule is CCCC(C)(CN)N(CC)Cc1ccco1. The predicted molar refractivity (Wildman–Crippen MR) is 67.2 cm³/mol. The fraction of sp³-hybridized carbons (Fsp3) is 0.692. The molecule has 1 atom stereocenters. The zero-order chi connectivity index (χ0) is 12.0. The number of hydrogen-bond donors (Lipinski definition) is 1. The molecular formula is C13H24N2O. The van der Waals surface area contributed by atoms with Gasteiger partial charge in [0.05, 0.1) is 12.8 Å². The van der Waals surface area contributed by atoms with Crippen LogP contribution in [-0.4, -0.2) is 23.5 Å². The third kappa shape index (κ3) is 3.09. The van der Waals surface area contributed by atoms with Crippen LogP contribution in [0.4, 0.5) is 0 Å². The van der Waals surface area contributed by atoms with E-state index in [1.165, 1.54) is 0 Å². The van der Waals surface area contributed by atoms with E-state index in [0.29, 0.717) is 6.54 Å². The molecule has 92 valence electrons. The highest BCUT2D eigenvalue weighted by Crippen LogP contribution is 2.22. The van der Waals surface area contributed by atoms with E-state index >= 15 is 0 Å². The molecule has 0 aliphatic rings. The van der Waals surface area contributed by atoms with E-state index in [9.17, 15) is 0 Å². The molecule has 1 rings (SSSR count). The predicted octanol–water partition coefficient (Wildman–Crippen LogP) is 2.62. The second-order valence-corrected chi connectivity index (χ2v) is 4.54. The molecule has 3 nitrogen and oxygen atoms in total. The molecule has 3 heteroatoms. The van der Waals surface area contributed by atoms with Gasteiger partial charge in [-0.1, -0.05) is 20.3 Å². The molecule has 0 aliphatic heterocycles. The van der Waals surface area contributed by atoms with Gasteiger partial charge in [-0.25, -0.2) is 0 Å². The minimum atomic E-state index is 0.0797. The van der Waals surface area contributed by atoms with Crippen molar-refractivity contribution < 1.29 is 4.42 Å². The lowest BCUT2D eigenvalue weighted by molar-refractivity contribution is 0.0905. The minimum absolute atomic E-state index is 0.0797. The Morgan fingerprint density at radius 2 is 2.19 bits per heavy atom. The summed E-state index contributed by atoms with van der Waals surface area (Å²) in [5.74, 6) is 1.01. The van der Waals surface area contributed by atoms with Gasteiger partial charge in [0.25, 0.3) is 0 Å². The topological polar surface area (TPSA) is 42.4 Å². The van der Waals surface area contributed by atoms with Gasteiger partial charge in [0, 0.05) is 12.1 Å². The quantitative estimate of drug-likeness (QED) is 0.774. The maximum absolute atomic E-state index is 5.93. The maximum atomic E-state index is 5.93. The van der Waals surface area contributed by atoms with Gasteiger partial charge in [0.1, 0.15) is 5.76 Å². The lowest BCUT2D eigenvalue weighted by atomic mass is 9.93. The first-order valence-electron chi connectivity index (χ1n) is 6.13. The molecule has 1 heterocycles. The van der Waals surface area contributed by atoms with E-state index < -0.39 is 0 Å². The molecule has 0 fully saturated rings. The van der Waals surface area contributed by atoms with Crippen LogP contribution in [0.15, 0.2) is 22.8 Å². The first-order valence-corrected chi connectivity index (χ1v) is 6.13. The molecule has 16 heavy (non-hydrogen) atoms. The first kappa shape index (κ1) is 13.3. The summed E-state index contributed by atoms with van der Waals surface area (Å²) in [7, 11) is 0. The Bertz CT molecular complexity index is 284. The number of furan rings is 1. The average Bonchev–Trinajstić information content (AvgIpc) is 2.78. The molecule has 2 N–H and O–H groups in total. The summed E-state index contributed by atoms with van der Waals surface area (Å²) in [6.07, 6.45) is 4.00. The number of likely N-dealkylation sites (N-methyl/N-ethyl adjacent to an activating group) is 1. The van der Waals surface area contributed by atoms with E-state index in [-0.39, 0.29) is 5.54 Å². The Labute approximate surface area is 98.6 Å². The largest absolute Gasteiger partial charge is 0.468 e. The van der Waals surface area contributed by atoms with Gasteiger partial charge in [0.2, 0.25) is 0 Å². The number of nitrogens with two attached hydrogens (primary N) is 1. The highest BCUT2D eigenvalue weighted by atomic mass is 16.3. The molecule has 0 radical (unpaired) electrons. The molecular weight excluding hydrogens is 200 g/mol. The van der Waals surface area contributed by atoms with Crippen LogP contribution in [0.3, 0.4) is 0 Å². The van der Waals surface area contributed by atoms with Crippen molar-refractivity contribution in [3.63, 3.8) is 0 Å². The lowest BCUT2D eigenvalue weighted by Gasteiger charge is -2.39. The summed E-state index contributed by atoms with van der Waals surface area (Å²) >= 11 is 0. The molecule has 0 amide bonds. The van der Waals surface area contributed by atoms with Crippen LogP contribution in [0, 0.1) is 0 Å². The van der Waals surface area contributed by atoms with Crippen LogP contribution >= 0.6 is 0 Å². The summed E-state index contributed by atoms with van der Waals surface area (Å²) in [5, 5.41) is 0. The van der Waals surface area contributed by atoms with Gasteiger partial charge in [-0.15, -0.1) is 0 Å². The van der Waals surface area contributed by atoms with Crippen molar-refractivity contribution >= 4 is 0 Å². The van der Waals surface area contributed by atoms with Gasteiger partial charge >= 0.3 is 0 Å². The van der Waals surface area contributed by atoms with Gasteiger partial charge in [-0.05, 0) is 32.0 Å². The summed E-state index contributed by atoms with van der Waals surface area (Å²) in [4.78, 5) is 2.40. The molecule has 0 saturated heterocycles. The van der Waals surface area contributed by atoms with E-state index in [1.54, 1.807) is 6.26 Å². The number of rotatable bonds is 7. The fourth-order valence-electron chi connectivity index (χ4n) is 2.20.